The van der Waals surface area contributed by atoms with E-state index in [4.69, 9.17) is 9.84 Å². The quantitative estimate of drug-likeness (QED) is 0.651. The molecule has 0 aliphatic carbocycles. The Morgan fingerprint density at radius 3 is 2.92 bits per heavy atom. The first kappa shape index (κ1) is 9.52. The van der Waals surface area contributed by atoms with Gasteiger partial charge in [0.15, 0.2) is 6.10 Å². The zero-order valence-corrected chi connectivity index (χ0v) is 7.45. The number of cyclic esters (lactones) is 1. The summed E-state index contributed by atoms with van der Waals surface area (Å²) in [6.07, 6.45) is 3.71. The highest BCUT2D eigenvalue weighted by Gasteiger charge is 2.27. The average Bonchev–Trinajstić information content (AvgIpc) is 2.07. The predicted molar refractivity (Wildman–Crippen MR) is 44.6 cm³/mol. The van der Waals surface area contributed by atoms with Crippen LogP contribution in [-0.2, 0) is 9.53 Å². The molecule has 0 aromatic rings. The zero-order valence-electron chi connectivity index (χ0n) is 7.45. The third-order valence-electron chi connectivity index (χ3n) is 2.20. The van der Waals surface area contributed by atoms with Crippen LogP contribution in [-0.4, -0.2) is 23.3 Å². The summed E-state index contributed by atoms with van der Waals surface area (Å²) in [6, 6.07) is 0. The smallest absolute Gasteiger partial charge is 0.335 e. The minimum Gasteiger partial charge on any atom is -0.460 e. The molecule has 1 fully saturated rings. The Kier molecular flexibility index (Phi) is 3.53. The number of esters is 1. The monoisotopic (exact) mass is 172 g/mol. The van der Waals surface area contributed by atoms with Gasteiger partial charge in [-0.25, -0.2) is 4.79 Å². The van der Waals surface area contributed by atoms with Crippen LogP contribution >= 0.6 is 0 Å². The third kappa shape index (κ3) is 2.48. The van der Waals surface area contributed by atoms with Gasteiger partial charge in [-0.05, 0) is 19.3 Å². The number of carbonyl (C=O) groups excluding carboxylic acids is 1. The van der Waals surface area contributed by atoms with Crippen molar-refractivity contribution in [2.24, 2.45) is 0 Å². The fourth-order valence-corrected chi connectivity index (χ4v) is 1.40. The molecule has 70 valence electrons. The van der Waals surface area contributed by atoms with E-state index in [0.717, 1.165) is 25.7 Å². The highest BCUT2D eigenvalue weighted by Crippen LogP contribution is 2.18. The number of ether oxygens (including phenoxy) is 1. The Morgan fingerprint density at radius 1 is 1.58 bits per heavy atom. The molecule has 2 atom stereocenters. The fourth-order valence-electron chi connectivity index (χ4n) is 1.40. The van der Waals surface area contributed by atoms with Crippen molar-refractivity contribution in [3.05, 3.63) is 0 Å². The molecule has 1 saturated heterocycles. The van der Waals surface area contributed by atoms with E-state index in [1.54, 1.807) is 0 Å². The molecule has 3 heteroatoms. The van der Waals surface area contributed by atoms with Crippen LogP contribution < -0.4 is 0 Å². The van der Waals surface area contributed by atoms with E-state index >= 15 is 0 Å². The van der Waals surface area contributed by atoms with Crippen molar-refractivity contribution in [3.8, 4) is 0 Å². The van der Waals surface area contributed by atoms with E-state index in [-0.39, 0.29) is 6.10 Å². The van der Waals surface area contributed by atoms with Crippen molar-refractivity contribution in [1.29, 1.82) is 0 Å². The van der Waals surface area contributed by atoms with Crippen molar-refractivity contribution < 1.29 is 14.6 Å². The van der Waals surface area contributed by atoms with Crippen molar-refractivity contribution in [2.45, 2.75) is 51.2 Å². The lowest BCUT2D eigenvalue weighted by atomic mass is 10.0. The van der Waals surface area contributed by atoms with Gasteiger partial charge < -0.3 is 9.84 Å². The first-order valence-electron chi connectivity index (χ1n) is 4.62. The maximum atomic E-state index is 10.9. The summed E-state index contributed by atoms with van der Waals surface area (Å²) in [4.78, 5) is 10.9. The number of unbranched alkanes of at least 4 members (excludes halogenated alkanes) is 1. The highest BCUT2D eigenvalue weighted by molar-refractivity contribution is 5.75. The maximum Gasteiger partial charge on any atom is 0.335 e. The predicted octanol–water partition coefficient (Wildman–Crippen LogP) is 1.24. The van der Waals surface area contributed by atoms with Gasteiger partial charge in [0, 0.05) is 0 Å². The van der Waals surface area contributed by atoms with Crippen LogP contribution in [0.1, 0.15) is 39.0 Å². The minimum absolute atomic E-state index is 0.0563. The molecule has 0 aromatic carbocycles. The van der Waals surface area contributed by atoms with Crippen molar-refractivity contribution >= 4 is 5.97 Å². The second-order valence-corrected chi connectivity index (χ2v) is 3.29. The van der Waals surface area contributed by atoms with Crippen molar-refractivity contribution in [3.63, 3.8) is 0 Å². The Bertz CT molecular complexity index is 154. The van der Waals surface area contributed by atoms with Crippen LogP contribution in [0.4, 0.5) is 0 Å². The van der Waals surface area contributed by atoms with E-state index in [1.165, 1.54) is 0 Å². The summed E-state index contributed by atoms with van der Waals surface area (Å²) in [6.45, 7) is 2.11. The molecule has 1 aliphatic heterocycles. The van der Waals surface area contributed by atoms with Crippen LogP contribution in [0.2, 0.25) is 0 Å². The lowest BCUT2D eigenvalue weighted by Crippen LogP contribution is -2.34. The van der Waals surface area contributed by atoms with Crippen LogP contribution in [0, 0.1) is 0 Å². The number of aliphatic hydroxyl groups is 1. The van der Waals surface area contributed by atoms with Gasteiger partial charge >= 0.3 is 5.97 Å². The molecule has 0 spiro atoms. The summed E-state index contributed by atoms with van der Waals surface area (Å²) in [5.41, 5.74) is 0. The van der Waals surface area contributed by atoms with Gasteiger partial charge in [0.1, 0.15) is 6.10 Å². The lowest BCUT2D eigenvalue weighted by molar-refractivity contribution is -0.167. The molecule has 0 bridgehead atoms. The minimum atomic E-state index is -0.872. The molecular weight excluding hydrogens is 156 g/mol. The molecule has 1 N–H and O–H groups in total. The summed E-state index contributed by atoms with van der Waals surface area (Å²) in [5, 5.41) is 9.05. The molecule has 3 nitrogen and oxygen atoms in total. The average molecular weight is 172 g/mol. The fraction of sp³-hybridized carbons (Fsp3) is 0.889. The zero-order chi connectivity index (χ0) is 8.97. The molecule has 1 heterocycles. The first-order chi connectivity index (χ1) is 5.74. The second kappa shape index (κ2) is 4.45. The van der Waals surface area contributed by atoms with E-state index in [9.17, 15) is 4.79 Å². The number of aliphatic hydroxyl groups excluding tert-OH is 1. The molecular formula is C9H16O3. The molecule has 12 heavy (non-hydrogen) atoms. The summed E-state index contributed by atoms with van der Waals surface area (Å²) < 4.78 is 5.01. The van der Waals surface area contributed by atoms with Crippen LogP contribution in [0.25, 0.3) is 0 Å². The molecule has 0 aromatic heterocycles. The molecule has 0 amide bonds. The van der Waals surface area contributed by atoms with Crippen LogP contribution in [0.15, 0.2) is 0 Å². The lowest BCUT2D eigenvalue weighted by Gasteiger charge is -2.25. The van der Waals surface area contributed by atoms with E-state index in [0.29, 0.717) is 6.42 Å². The van der Waals surface area contributed by atoms with E-state index < -0.39 is 12.1 Å². The largest absolute Gasteiger partial charge is 0.460 e. The Balaban J connectivity index is 2.25. The van der Waals surface area contributed by atoms with Gasteiger partial charge in [-0.1, -0.05) is 19.8 Å². The normalized spacial score (nSPS) is 30.0. The van der Waals surface area contributed by atoms with Gasteiger partial charge in [-0.3, -0.25) is 0 Å². The first-order valence-corrected chi connectivity index (χ1v) is 4.62. The standard InChI is InChI=1S/C9H16O3/c1-2-3-4-7-5-6-8(10)9(11)12-7/h7-8,10H,2-6H2,1H3/t7-,8+/m1/s1. The van der Waals surface area contributed by atoms with Crippen LogP contribution in [0.3, 0.4) is 0 Å². The van der Waals surface area contributed by atoms with Crippen molar-refractivity contribution in [1.82, 2.24) is 0 Å². The highest BCUT2D eigenvalue weighted by atomic mass is 16.6. The molecule has 0 unspecified atom stereocenters. The van der Waals surface area contributed by atoms with Gasteiger partial charge in [0.25, 0.3) is 0 Å². The number of rotatable bonds is 3. The molecule has 0 radical (unpaired) electrons. The van der Waals surface area contributed by atoms with Gasteiger partial charge in [-0.15, -0.1) is 0 Å². The number of hydrogen-bond donors (Lipinski definition) is 1. The Morgan fingerprint density at radius 2 is 2.33 bits per heavy atom. The molecule has 1 aliphatic rings. The van der Waals surface area contributed by atoms with E-state index in [1.807, 2.05) is 0 Å². The Hall–Kier alpha value is -0.570. The number of carbonyl (C=O) groups is 1. The third-order valence-corrected chi connectivity index (χ3v) is 2.20. The molecule has 0 saturated carbocycles. The maximum absolute atomic E-state index is 10.9. The van der Waals surface area contributed by atoms with Gasteiger partial charge in [-0.2, -0.15) is 0 Å². The Labute approximate surface area is 72.7 Å². The van der Waals surface area contributed by atoms with Gasteiger partial charge in [0.05, 0.1) is 0 Å². The summed E-state index contributed by atoms with van der Waals surface area (Å²) in [7, 11) is 0. The summed E-state index contributed by atoms with van der Waals surface area (Å²) in [5.74, 6) is -0.442. The van der Waals surface area contributed by atoms with Crippen LogP contribution in [0.5, 0.6) is 0 Å². The van der Waals surface area contributed by atoms with Crippen molar-refractivity contribution in [2.75, 3.05) is 0 Å². The van der Waals surface area contributed by atoms with E-state index in [2.05, 4.69) is 6.92 Å². The SMILES string of the molecule is CCCC[C@@H]1CC[C@H](O)C(=O)O1. The topological polar surface area (TPSA) is 46.5 Å². The summed E-state index contributed by atoms with van der Waals surface area (Å²) >= 11 is 0. The number of hydrogen-bond acceptors (Lipinski definition) is 3. The second-order valence-electron chi connectivity index (χ2n) is 3.29. The molecule has 1 rings (SSSR count). The van der Waals surface area contributed by atoms with Gasteiger partial charge in [0.2, 0.25) is 0 Å².